The van der Waals surface area contributed by atoms with E-state index in [0.29, 0.717) is 18.9 Å². The molecule has 1 heterocycles. The summed E-state index contributed by atoms with van der Waals surface area (Å²) >= 11 is 0. The van der Waals surface area contributed by atoms with Crippen molar-refractivity contribution in [3.63, 3.8) is 0 Å². The lowest BCUT2D eigenvalue weighted by molar-refractivity contribution is -0.126. The second-order valence-corrected chi connectivity index (χ2v) is 9.65. The summed E-state index contributed by atoms with van der Waals surface area (Å²) in [5.74, 6) is -0.589. The minimum Gasteiger partial charge on any atom is -0.494 e. The van der Waals surface area contributed by atoms with Crippen LogP contribution in [0.4, 0.5) is 11.4 Å². The number of benzene rings is 3. The number of amides is 1. The van der Waals surface area contributed by atoms with Crippen LogP contribution in [0.1, 0.15) is 29.8 Å². The third kappa shape index (κ3) is 5.30. The second kappa shape index (κ2) is 10.2. The van der Waals surface area contributed by atoms with Crippen molar-refractivity contribution in [2.75, 3.05) is 22.8 Å². The molecule has 0 spiro atoms. The normalized spacial score (nSPS) is 13.6. The van der Waals surface area contributed by atoms with Crippen molar-refractivity contribution in [1.82, 2.24) is 0 Å². The minimum absolute atomic E-state index is 0.00323. The lowest BCUT2D eigenvalue weighted by Gasteiger charge is -2.22. The Hall–Kier alpha value is -3.85. The zero-order valence-corrected chi connectivity index (χ0v) is 20.2. The number of rotatable bonds is 8. The van der Waals surface area contributed by atoms with Crippen molar-refractivity contribution >= 4 is 33.3 Å². The van der Waals surface area contributed by atoms with Gasteiger partial charge in [-0.25, -0.2) is 13.2 Å². The number of ether oxygens (including phenoxy) is 2. The number of nitrogens with one attached hydrogen (secondary N) is 1. The van der Waals surface area contributed by atoms with Gasteiger partial charge >= 0.3 is 5.97 Å². The number of nitrogens with zero attached hydrogens (tertiary/aromatic N) is 1. The van der Waals surface area contributed by atoms with E-state index in [9.17, 15) is 18.0 Å². The van der Waals surface area contributed by atoms with E-state index in [-0.39, 0.29) is 22.1 Å². The van der Waals surface area contributed by atoms with Gasteiger partial charge < -0.3 is 14.4 Å². The molecule has 3 aromatic carbocycles. The maximum Gasteiger partial charge on any atom is 0.341 e. The SMILES string of the molecule is CCOc1ccc(S(=O)(=O)Nc2ccccc2C(=O)OC(C)C(=O)N2CCc3ccccc32)cc1. The van der Waals surface area contributed by atoms with Gasteiger partial charge in [-0.15, -0.1) is 0 Å². The van der Waals surface area contributed by atoms with Crippen LogP contribution in [-0.4, -0.2) is 39.5 Å². The summed E-state index contributed by atoms with van der Waals surface area (Å²) in [6, 6.07) is 19.7. The van der Waals surface area contributed by atoms with Crippen molar-refractivity contribution in [2.24, 2.45) is 0 Å². The number of carbonyl (C=O) groups excluding carboxylic acids is 2. The molecule has 1 atom stereocenters. The van der Waals surface area contributed by atoms with Gasteiger partial charge in [-0.1, -0.05) is 30.3 Å². The summed E-state index contributed by atoms with van der Waals surface area (Å²) in [7, 11) is -3.98. The van der Waals surface area contributed by atoms with Gasteiger partial charge in [0.2, 0.25) is 0 Å². The smallest absolute Gasteiger partial charge is 0.341 e. The van der Waals surface area contributed by atoms with Gasteiger partial charge in [0.1, 0.15) is 5.75 Å². The summed E-state index contributed by atoms with van der Waals surface area (Å²) in [5.41, 5.74) is 1.93. The Bertz CT molecular complexity index is 1340. The molecule has 1 unspecified atom stereocenters. The Morgan fingerprint density at radius 1 is 1.00 bits per heavy atom. The van der Waals surface area contributed by atoms with E-state index < -0.39 is 22.1 Å². The molecule has 0 saturated heterocycles. The van der Waals surface area contributed by atoms with E-state index in [2.05, 4.69) is 4.72 Å². The number of sulfonamides is 1. The molecule has 0 aromatic heterocycles. The molecule has 1 aliphatic heterocycles. The van der Waals surface area contributed by atoms with Crippen molar-refractivity contribution < 1.29 is 27.5 Å². The number of fused-ring (bicyclic) bond motifs is 1. The van der Waals surface area contributed by atoms with Gasteiger partial charge in [-0.05, 0) is 68.3 Å². The van der Waals surface area contributed by atoms with Crippen LogP contribution in [0.3, 0.4) is 0 Å². The van der Waals surface area contributed by atoms with E-state index in [0.717, 1.165) is 17.7 Å². The Morgan fingerprint density at radius 3 is 2.43 bits per heavy atom. The molecular formula is C26H26N2O6S. The van der Waals surface area contributed by atoms with Crippen LogP contribution in [0.25, 0.3) is 0 Å². The van der Waals surface area contributed by atoms with Crippen LogP contribution in [0.2, 0.25) is 0 Å². The first-order valence-corrected chi connectivity index (χ1v) is 12.7. The Labute approximate surface area is 204 Å². The highest BCUT2D eigenvalue weighted by molar-refractivity contribution is 7.92. The molecule has 3 aromatic rings. The third-order valence-corrected chi connectivity index (χ3v) is 7.00. The highest BCUT2D eigenvalue weighted by Gasteiger charge is 2.30. The topological polar surface area (TPSA) is 102 Å². The summed E-state index contributed by atoms with van der Waals surface area (Å²) < 4.78 is 39.0. The number of hydrogen-bond donors (Lipinski definition) is 1. The molecule has 35 heavy (non-hydrogen) atoms. The summed E-state index contributed by atoms with van der Waals surface area (Å²) in [4.78, 5) is 27.5. The Balaban J connectivity index is 1.48. The van der Waals surface area contributed by atoms with Crippen molar-refractivity contribution in [3.05, 3.63) is 83.9 Å². The average Bonchev–Trinajstić information content (AvgIpc) is 3.28. The van der Waals surface area contributed by atoms with E-state index in [1.54, 1.807) is 29.2 Å². The Kier molecular flexibility index (Phi) is 7.07. The molecule has 0 fully saturated rings. The fourth-order valence-corrected chi connectivity index (χ4v) is 4.98. The van der Waals surface area contributed by atoms with Crippen molar-refractivity contribution in [3.8, 4) is 5.75 Å². The molecule has 1 N–H and O–H groups in total. The lowest BCUT2D eigenvalue weighted by atomic mass is 10.2. The van der Waals surface area contributed by atoms with Crippen LogP contribution in [0.15, 0.2) is 77.7 Å². The fourth-order valence-electron chi connectivity index (χ4n) is 3.90. The largest absolute Gasteiger partial charge is 0.494 e. The predicted molar refractivity (Wildman–Crippen MR) is 132 cm³/mol. The number of hydrogen-bond acceptors (Lipinski definition) is 6. The highest BCUT2D eigenvalue weighted by Crippen LogP contribution is 2.29. The zero-order chi connectivity index (χ0) is 25.0. The molecule has 1 aliphatic rings. The first kappa shape index (κ1) is 24.3. The van der Waals surface area contributed by atoms with Crippen LogP contribution in [0.5, 0.6) is 5.75 Å². The van der Waals surface area contributed by atoms with Gasteiger partial charge in [-0.3, -0.25) is 9.52 Å². The van der Waals surface area contributed by atoms with Gasteiger partial charge in [0.25, 0.3) is 15.9 Å². The number of para-hydroxylation sites is 2. The number of esters is 1. The van der Waals surface area contributed by atoms with Crippen molar-refractivity contribution in [2.45, 2.75) is 31.3 Å². The van der Waals surface area contributed by atoms with Crippen LogP contribution in [0, 0.1) is 0 Å². The molecule has 9 heteroatoms. The van der Waals surface area contributed by atoms with Crippen LogP contribution in [-0.2, 0) is 26.0 Å². The average molecular weight is 495 g/mol. The highest BCUT2D eigenvalue weighted by atomic mass is 32.2. The number of anilines is 2. The Morgan fingerprint density at radius 2 is 1.69 bits per heavy atom. The maximum absolute atomic E-state index is 13.0. The van der Waals surface area contributed by atoms with E-state index in [1.165, 1.54) is 31.2 Å². The summed E-state index contributed by atoms with van der Waals surface area (Å²) in [6.45, 7) is 4.32. The molecule has 182 valence electrons. The minimum atomic E-state index is -3.98. The van der Waals surface area contributed by atoms with E-state index in [4.69, 9.17) is 9.47 Å². The van der Waals surface area contributed by atoms with E-state index in [1.807, 2.05) is 31.2 Å². The third-order valence-electron chi connectivity index (χ3n) is 5.62. The molecule has 8 nitrogen and oxygen atoms in total. The quantitative estimate of drug-likeness (QED) is 0.475. The van der Waals surface area contributed by atoms with Gasteiger partial charge in [0.15, 0.2) is 6.10 Å². The first-order chi connectivity index (χ1) is 16.8. The maximum atomic E-state index is 13.0. The summed E-state index contributed by atoms with van der Waals surface area (Å²) in [5, 5.41) is 0. The van der Waals surface area contributed by atoms with Crippen LogP contribution >= 0.6 is 0 Å². The molecule has 1 amide bonds. The van der Waals surface area contributed by atoms with Gasteiger partial charge in [0, 0.05) is 12.2 Å². The predicted octanol–water partition coefficient (Wildman–Crippen LogP) is 4.02. The van der Waals surface area contributed by atoms with E-state index >= 15 is 0 Å². The number of carbonyl (C=O) groups is 2. The van der Waals surface area contributed by atoms with Gasteiger partial charge in [-0.2, -0.15) is 0 Å². The molecular weight excluding hydrogens is 468 g/mol. The zero-order valence-electron chi connectivity index (χ0n) is 19.4. The molecule has 0 saturated carbocycles. The fraction of sp³-hybridized carbons (Fsp3) is 0.231. The standard InChI is InChI=1S/C26H26N2O6S/c1-3-33-20-12-14-21(15-13-20)35(31,32)27-23-10-6-5-9-22(23)26(30)34-18(2)25(29)28-17-16-19-8-4-7-11-24(19)28/h4-15,18,27H,3,16-17H2,1-2H3. The molecule has 0 aliphatic carbocycles. The second-order valence-electron chi connectivity index (χ2n) is 7.97. The van der Waals surface area contributed by atoms with Gasteiger partial charge in [0.05, 0.1) is 22.8 Å². The lowest BCUT2D eigenvalue weighted by Crippen LogP contribution is -2.39. The molecule has 0 bridgehead atoms. The first-order valence-electron chi connectivity index (χ1n) is 11.2. The molecule has 0 radical (unpaired) electrons. The summed E-state index contributed by atoms with van der Waals surface area (Å²) in [6.07, 6.45) is -0.317. The molecule has 4 rings (SSSR count). The van der Waals surface area contributed by atoms with Crippen molar-refractivity contribution in [1.29, 1.82) is 0 Å². The monoisotopic (exact) mass is 494 g/mol. The van der Waals surface area contributed by atoms with Crippen LogP contribution < -0.4 is 14.4 Å².